The van der Waals surface area contributed by atoms with Gasteiger partial charge in [0.1, 0.15) is 5.65 Å². The number of H-pyrrole nitrogens is 3. The first-order chi connectivity index (χ1) is 9.15. The van der Waals surface area contributed by atoms with Crippen LogP contribution < -0.4 is 16.9 Å². The van der Waals surface area contributed by atoms with E-state index in [1.54, 1.807) is 24.3 Å². The highest BCUT2D eigenvalue weighted by Gasteiger charge is 2.11. The topological polar surface area (TPSA) is 104 Å². The van der Waals surface area contributed by atoms with Crippen molar-refractivity contribution in [3.63, 3.8) is 0 Å². The van der Waals surface area contributed by atoms with Crippen LogP contribution in [0.1, 0.15) is 0 Å². The Hall–Kier alpha value is -2.48. The molecule has 0 radical (unpaired) electrons. The van der Waals surface area contributed by atoms with Crippen molar-refractivity contribution in [3.8, 4) is 0 Å². The van der Waals surface area contributed by atoms with Crippen molar-refractivity contribution >= 4 is 23.1 Å². The Morgan fingerprint density at radius 2 is 1.68 bits per heavy atom. The van der Waals surface area contributed by atoms with Crippen molar-refractivity contribution in [2.24, 2.45) is 0 Å². The number of nitrogens with zero attached hydrogens (tertiary/aromatic N) is 1. The molecule has 0 spiro atoms. The van der Waals surface area contributed by atoms with E-state index >= 15 is 0 Å². The maximum atomic E-state index is 12.1. The zero-order chi connectivity index (χ0) is 13.4. The molecule has 0 aliphatic carbocycles. The molecule has 0 atom stereocenters. The van der Waals surface area contributed by atoms with E-state index < -0.39 is 16.9 Å². The fourth-order valence-corrected chi connectivity index (χ4v) is 2.45. The second-order valence-corrected chi connectivity index (χ2v) is 4.78. The van der Waals surface area contributed by atoms with E-state index in [4.69, 9.17) is 0 Å². The number of benzene rings is 1. The van der Waals surface area contributed by atoms with Crippen LogP contribution in [0.3, 0.4) is 0 Å². The normalized spacial score (nSPS) is 10.9. The average Bonchev–Trinajstić information content (AvgIpc) is 2.76. The van der Waals surface area contributed by atoms with Gasteiger partial charge in [-0.05, 0) is 24.1 Å². The van der Waals surface area contributed by atoms with Gasteiger partial charge in [0.2, 0.25) is 0 Å². The molecule has 0 unspecified atom stereocenters. The first-order valence-electron chi connectivity index (χ1n) is 5.36. The van der Waals surface area contributed by atoms with Crippen molar-refractivity contribution in [1.29, 1.82) is 0 Å². The molecule has 0 saturated heterocycles. The summed E-state index contributed by atoms with van der Waals surface area (Å²) in [6.45, 7) is 0. The Morgan fingerprint density at radius 1 is 0.947 bits per heavy atom. The summed E-state index contributed by atoms with van der Waals surface area (Å²) in [5.41, 5.74) is -1.55. The summed E-state index contributed by atoms with van der Waals surface area (Å²) in [6.07, 6.45) is 0. The fraction of sp³-hybridized carbons (Fsp3) is 0. The summed E-state index contributed by atoms with van der Waals surface area (Å²) in [5, 5.41) is 0. The van der Waals surface area contributed by atoms with Crippen molar-refractivity contribution in [1.82, 2.24) is 18.9 Å². The third kappa shape index (κ3) is 2.02. The quantitative estimate of drug-likeness (QED) is 0.624. The summed E-state index contributed by atoms with van der Waals surface area (Å²) >= 11 is 0.989. The fourth-order valence-electron chi connectivity index (χ4n) is 1.66. The Labute approximate surface area is 109 Å². The Morgan fingerprint density at radius 3 is 2.42 bits per heavy atom. The number of aromatic amines is 3. The van der Waals surface area contributed by atoms with Crippen LogP contribution >= 0.6 is 11.9 Å². The van der Waals surface area contributed by atoms with E-state index in [9.17, 15) is 14.4 Å². The van der Waals surface area contributed by atoms with E-state index in [-0.39, 0.29) is 11.2 Å². The molecule has 1 aromatic carbocycles. The zero-order valence-corrected chi connectivity index (χ0v) is 10.3. The number of fused-ring (bicyclic) bond motifs is 1. The SMILES string of the molecule is O=c1[nH]c2[nH]c(=O)n(Sc3ccccc3)c(=O)c2[nH]1. The van der Waals surface area contributed by atoms with Gasteiger partial charge >= 0.3 is 11.4 Å². The summed E-state index contributed by atoms with van der Waals surface area (Å²) < 4.78 is 0.960. The highest BCUT2D eigenvalue weighted by atomic mass is 32.2. The highest BCUT2D eigenvalue weighted by Crippen LogP contribution is 2.15. The van der Waals surface area contributed by atoms with Crippen LogP contribution in [-0.4, -0.2) is 18.9 Å². The smallest absolute Gasteiger partial charge is 0.300 e. The molecule has 19 heavy (non-hydrogen) atoms. The van der Waals surface area contributed by atoms with Gasteiger partial charge in [-0.25, -0.2) is 9.59 Å². The number of imidazole rings is 1. The molecule has 3 rings (SSSR count). The van der Waals surface area contributed by atoms with Crippen molar-refractivity contribution in [3.05, 3.63) is 61.7 Å². The zero-order valence-electron chi connectivity index (χ0n) is 9.47. The van der Waals surface area contributed by atoms with Gasteiger partial charge in [-0.3, -0.25) is 19.7 Å². The van der Waals surface area contributed by atoms with Gasteiger partial charge in [0.25, 0.3) is 5.56 Å². The molecular weight excluding hydrogens is 268 g/mol. The lowest BCUT2D eigenvalue weighted by atomic mass is 10.4. The molecular formula is C11H8N4O3S. The molecule has 2 heterocycles. The number of hydrogen-bond acceptors (Lipinski definition) is 4. The van der Waals surface area contributed by atoms with Gasteiger partial charge in [-0.1, -0.05) is 18.2 Å². The van der Waals surface area contributed by atoms with Gasteiger partial charge in [0, 0.05) is 4.90 Å². The Balaban J connectivity index is 2.21. The maximum Gasteiger partial charge on any atom is 0.340 e. The van der Waals surface area contributed by atoms with Crippen molar-refractivity contribution in [2.75, 3.05) is 0 Å². The molecule has 96 valence electrons. The van der Waals surface area contributed by atoms with E-state index in [1.165, 1.54) is 0 Å². The summed E-state index contributed by atoms with van der Waals surface area (Å²) in [7, 11) is 0. The summed E-state index contributed by atoms with van der Waals surface area (Å²) in [4.78, 5) is 42.9. The number of rotatable bonds is 2. The van der Waals surface area contributed by atoms with Gasteiger partial charge in [0.15, 0.2) is 5.52 Å². The molecule has 0 saturated carbocycles. The van der Waals surface area contributed by atoms with E-state index in [0.717, 1.165) is 20.8 Å². The first kappa shape index (κ1) is 11.6. The van der Waals surface area contributed by atoms with Gasteiger partial charge in [-0.2, -0.15) is 3.97 Å². The van der Waals surface area contributed by atoms with Crippen molar-refractivity contribution in [2.45, 2.75) is 4.90 Å². The molecule has 0 aliphatic heterocycles. The first-order valence-corrected chi connectivity index (χ1v) is 6.13. The van der Waals surface area contributed by atoms with Gasteiger partial charge < -0.3 is 0 Å². The lowest BCUT2D eigenvalue weighted by Crippen LogP contribution is -2.31. The molecule has 0 amide bonds. The molecule has 7 nitrogen and oxygen atoms in total. The standard InChI is InChI=1S/C11H8N4O3S/c16-9-7-8(13-10(17)12-7)14-11(18)15(9)19-6-4-2-1-3-5-6/h1-5H,(H,14,18)(H2,12,13,17). The van der Waals surface area contributed by atoms with Crippen LogP contribution in [0.2, 0.25) is 0 Å². The molecule has 0 aliphatic rings. The number of aromatic nitrogens is 4. The largest absolute Gasteiger partial charge is 0.340 e. The van der Waals surface area contributed by atoms with Crippen LogP contribution in [0, 0.1) is 0 Å². The lowest BCUT2D eigenvalue weighted by molar-refractivity contribution is 1.00. The van der Waals surface area contributed by atoms with Crippen LogP contribution in [0.5, 0.6) is 0 Å². The minimum absolute atomic E-state index is 0.0491. The molecule has 3 N–H and O–H groups in total. The number of nitrogens with one attached hydrogen (secondary N) is 3. The van der Waals surface area contributed by atoms with Crippen LogP contribution in [-0.2, 0) is 0 Å². The predicted molar refractivity (Wildman–Crippen MR) is 71.5 cm³/mol. The number of hydrogen-bond donors (Lipinski definition) is 3. The monoisotopic (exact) mass is 276 g/mol. The predicted octanol–water partition coefficient (Wildman–Crippen LogP) is 0.262. The van der Waals surface area contributed by atoms with Gasteiger partial charge in [-0.15, -0.1) is 0 Å². The molecule has 0 fully saturated rings. The molecule has 8 heteroatoms. The van der Waals surface area contributed by atoms with Crippen LogP contribution in [0.25, 0.3) is 11.2 Å². The van der Waals surface area contributed by atoms with Gasteiger partial charge in [0.05, 0.1) is 0 Å². The Bertz CT molecular complexity index is 903. The highest BCUT2D eigenvalue weighted by molar-refractivity contribution is 7.97. The van der Waals surface area contributed by atoms with Crippen LogP contribution in [0.4, 0.5) is 0 Å². The minimum Gasteiger partial charge on any atom is -0.300 e. The second-order valence-electron chi connectivity index (χ2n) is 3.76. The van der Waals surface area contributed by atoms with E-state index in [0.29, 0.717) is 0 Å². The molecule has 2 aromatic heterocycles. The second kappa shape index (κ2) is 4.32. The summed E-state index contributed by atoms with van der Waals surface area (Å²) in [5.74, 6) is 0. The summed E-state index contributed by atoms with van der Waals surface area (Å²) in [6, 6.07) is 9.00. The van der Waals surface area contributed by atoms with E-state index in [1.807, 2.05) is 6.07 Å². The Kier molecular flexibility index (Phi) is 2.64. The minimum atomic E-state index is -0.596. The molecule has 3 aromatic rings. The third-order valence-electron chi connectivity index (χ3n) is 2.48. The average molecular weight is 276 g/mol. The maximum absolute atomic E-state index is 12.1. The van der Waals surface area contributed by atoms with E-state index in [2.05, 4.69) is 15.0 Å². The molecule has 0 bridgehead atoms. The van der Waals surface area contributed by atoms with Crippen LogP contribution in [0.15, 0.2) is 49.6 Å². The third-order valence-corrected chi connectivity index (χ3v) is 3.48. The lowest BCUT2D eigenvalue weighted by Gasteiger charge is -2.02. The van der Waals surface area contributed by atoms with Crippen molar-refractivity contribution < 1.29 is 0 Å².